The summed E-state index contributed by atoms with van der Waals surface area (Å²) < 4.78 is 0. The van der Waals surface area contributed by atoms with E-state index >= 15 is 0 Å². The van der Waals surface area contributed by atoms with Gasteiger partial charge in [0, 0.05) is 25.6 Å². The van der Waals surface area contributed by atoms with Gasteiger partial charge in [-0.3, -0.25) is 0 Å². The van der Waals surface area contributed by atoms with Gasteiger partial charge in [0.15, 0.2) is 0 Å². The van der Waals surface area contributed by atoms with Crippen LogP contribution in [0.3, 0.4) is 0 Å². The zero-order valence-electron chi connectivity index (χ0n) is 19.3. The van der Waals surface area contributed by atoms with Crippen LogP contribution in [0.1, 0.15) is 74.8 Å². The van der Waals surface area contributed by atoms with Crippen LogP contribution in [-0.4, -0.2) is 31.1 Å². The second-order valence-electron chi connectivity index (χ2n) is 10.2. The van der Waals surface area contributed by atoms with Crippen molar-refractivity contribution in [3.8, 4) is 0 Å². The molecule has 0 heterocycles. The van der Waals surface area contributed by atoms with E-state index in [2.05, 4.69) is 65.6 Å². The molecule has 0 unspecified atom stereocenters. The Hall–Kier alpha value is -1.64. The van der Waals surface area contributed by atoms with Crippen molar-refractivity contribution in [1.29, 1.82) is 0 Å². The summed E-state index contributed by atoms with van der Waals surface area (Å²) in [7, 11) is 0. The molecule has 2 nitrogen and oxygen atoms in total. The molecule has 4 rings (SSSR count). The monoisotopic (exact) mass is 418 g/mol. The highest BCUT2D eigenvalue weighted by molar-refractivity contribution is 5.32. The lowest BCUT2D eigenvalue weighted by Crippen LogP contribution is -2.39. The van der Waals surface area contributed by atoms with E-state index in [0.717, 1.165) is 30.8 Å². The smallest absolute Gasteiger partial charge is 0.0217 e. The Balaban J connectivity index is 1.50. The van der Waals surface area contributed by atoms with Gasteiger partial charge >= 0.3 is 0 Å². The number of hydrogen-bond donors (Lipinski definition) is 1. The SMILES string of the molecule is NCC1CCC(CN(CC2CCCCC2)CC(c2ccccc2)c2ccccc2)CC1. The second-order valence-corrected chi connectivity index (χ2v) is 10.2. The summed E-state index contributed by atoms with van der Waals surface area (Å²) in [5.41, 5.74) is 8.86. The largest absolute Gasteiger partial charge is 0.330 e. The van der Waals surface area contributed by atoms with Gasteiger partial charge in [-0.2, -0.15) is 0 Å². The normalized spacial score (nSPS) is 22.8. The minimum absolute atomic E-state index is 0.450. The number of nitrogens with zero attached hydrogens (tertiary/aromatic N) is 1. The quantitative estimate of drug-likeness (QED) is 0.506. The summed E-state index contributed by atoms with van der Waals surface area (Å²) in [6.07, 6.45) is 12.6. The molecular weight excluding hydrogens is 376 g/mol. The Bertz CT molecular complexity index is 690. The molecule has 0 spiro atoms. The highest BCUT2D eigenvalue weighted by atomic mass is 15.1. The average molecular weight is 419 g/mol. The van der Waals surface area contributed by atoms with Crippen LogP contribution >= 0.6 is 0 Å². The average Bonchev–Trinajstić information content (AvgIpc) is 2.84. The molecule has 2 heteroatoms. The first-order chi connectivity index (χ1) is 15.3. The molecule has 0 bridgehead atoms. The van der Waals surface area contributed by atoms with Gasteiger partial charge in [-0.25, -0.2) is 0 Å². The fourth-order valence-corrected chi connectivity index (χ4v) is 6.01. The van der Waals surface area contributed by atoms with Crippen molar-refractivity contribution < 1.29 is 0 Å². The van der Waals surface area contributed by atoms with Crippen molar-refractivity contribution >= 4 is 0 Å². The molecule has 2 aromatic rings. The van der Waals surface area contributed by atoms with Crippen LogP contribution in [0.4, 0.5) is 0 Å². The van der Waals surface area contributed by atoms with E-state index in [9.17, 15) is 0 Å². The lowest BCUT2D eigenvalue weighted by molar-refractivity contribution is 0.146. The van der Waals surface area contributed by atoms with E-state index in [1.165, 1.54) is 82.0 Å². The third-order valence-corrected chi connectivity index (χ3v) is 7.90. The van der Waals surface area contributed by atoms with Crippen molar-refractivity contribution in [2.24, 2.45) is 23.5 Å². The van der Waals surface area contributed by atoms with Crippen molar-refractivity contribution in [3.05, 3.63) is 71.8 Å². The van der Waals surface area contributed by atoms with Gasteiger partial charge in [-0.15, -0.1) is 0 Å². The van der Waals surface area contributed by atoms with Gasteiger partial charge in [-0.1, -0.05) is 79.9 Å². The number of benzene rings is 2. The van der Waals surface area contributed by atoms with Crippen LogP contribution in [0, 0.1) is 17.8 Å². The molecule has 2 N–H and O–H groups in total. The highest BCUT2D eigenvalue weighted by Gasteiger charge is 2.26. The Kier molecular flexibility index (Phi) is 8.61. The summed E-state index contributed by atoms with van der Waals surface area (Å²) in [6, 6.07) is 22.4. The Morgan fingerprint density at radius 1 is 0.645 bits per heavy atom. The number of nitrogens with two attached hydrogens (primary N) is 1. The molecule has 0 amide bonds. The van der Waals surface area contributed by atoms with E-state index in [1.807, 2.05) is 0 Å². The molecule has 31 heavy (non-hydrogen) atoms. The van der Waals surface area contributed by atoms with Gasteiger partial charge in [0.2, 0.25) is 0 Å². The van der Waals surface area contributed by atoms with Crippen LogP contribution in [0.15, 0.2) is 60.7 Å². The summed E-state index contributed by atoms with van der Waals surface area (Å²) in [5, 5.41) is 0. The maximum Gasteiger partial charge on any atom is 0.0217 e. The third-order valence-electron chi connectivity index (χ3n) is 7.90. The minimum Gasteiger partial charge on any atom is -0.330 e. The maximum absolute atomic E-state index is 5.96. The summed E-state index contributed by atoms with van der Waals surface area (Å²) in [4.78, 5) is 2.86. The van der Waals surface area contributed by atoms with Gasteiger partial charge in [0.1, 0.15) is 0 Å². The molecule has 2 saturated carbocycles. The molecule has 2 aliphatic rings. The van der Waals surface area contributed by atoms with E-state index in [1.54, 1.807) is 0 Å². The van der Waals surface area contributed by atoms with E-state index in [0.29, 0.717) is 5.92 Å². The van der Waals surface area contributed by atoms with Crippen molar-refractivity contribution in [2.45, 2.75) is 63.7 Å². The Morgan fingerprint density at radius 3 is 1.65 bits per heavy atom. The highest BCUT2D eigenvalue weighted by Crippen LogP contribution is 2.32. The topological polar surface area (TPSA) is 29.3 Å². The van der Waals surface area contributed by atoms with Gasteiger partial charge in [0.05, 0.1) is 0 Å². The molecule has 0 aliphatic heterocycles. The van der Waals surface area contributed by atoms with E-state index in [-0.39, 0.29) is 0 Å². The maximum atomic E-state index is 5.96. The first kappa shape index (κ1) is 22.6. The van der Waals surface area contributed by atoms with E-state index in [4.69, 9.17) is 5.73 Å². The molecule has 168 valence electrons. The zero-order valence-corrected chi connectivity index (χ0v) is 19.3. The molecule has 0 aromatic heterocycles. The molecular formula is C29H42N2. The molecule has 0 atom stereocenters. The lowest BCUT2D eigenvalue weighted by Gasteiger charge is -2.37. The zero-order chi connectivity index (χ0) is 21.3. The predicted molar refractivity (Wildman–Crippen MR) is 132 cm³/mol. The summed E-state index contributed by atoms with van der Waals surface area (Å²) in [5.74, 6) is 2.95. The van der Waals surface area contributed by atoms with Crippen molar-refractivity contribution in [2.75, 3.05) is 26.2 Å². The van der Waals surface area contributed by atoms with Crippen LogP contribution in [0.5, 0.6) is 0 Å². The van der Waals surface area contributed by atoms with Crippen LogP contribution < -0.4 is 5.73 Å². The van der Waals surface area contributed by atoms with Crippen LogP contribution in [0.2, 0.25) is 0 Å². The van der Waals surface area contributed by atoms with Gasteiger partial charge < -0.3 is 10.6 Å². The molecule has 2 fully saturated rings. The number of rotatable bonds is 9. The lowest BCUT2D eigenvalue weighted by atomic mass is 9.81. The minimum atomic E-state index is 0.450. The predicted octanol–water partition coefficient (Wildman–Crippen LogP) is 6.47. The van der Waals surface area contributed by atoms with E-state index < -0.39 is 0 Å². The standard InChI is InChI=1S/C29H42N2/c30-20-24-16-18-26(19-17-24)22-31(21-25-10-4-1-5-11-25)23-29(27-12-6-2-7-13-27)28-14-8-3-9-15-28/h2-3,6-9,12-15,24-26,29H,1,4-5,10-11,16-23,30H2. The van der Waals surface area contributed by atoms with Crippen LogP contribution in [-0.2, 0) is 0 Å². The first-order valence-corrected chi connectivity index (χ1v) is 12.8. The molecule has 0 saturated heterocycles. The number of hydrogen-bond acceptors (Lipinski definition) is 2. The summed E-state index contributed by atoms with van der Waals surface area (Å²) >= 11 is 0. The van der Waals surface area contributed by atoms with Gasteiger partial charge in [0.25, 0.3) is 0 Å². The summed E-state index contributed by atoms with van der Waals surface area (Å²) in [6.45, 7) is 4.57. The molecule has 0 radical (unpaired) electrons. The van der Waals surface area contributed by atoms with Crippen LogP contribution in [0.25, 0.3) is 0 Å². The van der Waals surface area contributed by atoms with Crippen molar-refractivity contribution in [3.63, 3.8) is 0 Å². The Labute approximate surface area is 190 Å². The second kappa shape index (κ2) is 11.8. The first-order valence-electron chi connectivity index (χ1n) is 12.8. The fourth-order valence-electron chi connectivity index (χ4n) is 6.01. The van der Waals surface area contributed by atoms with Crippen molar-refractivity contribution in [1.82, 2.24) is 4.90 Å². The Morgan fingerprint density at radius 2 is 1.13 bits per heavy atom. The molecule has 2 aliphatic carbocycles. The molecule has 2 aromatic carbocycles. The third kappa shape index (κ3) is 6.67. The van der Waals surface area contributed by atoms with Gasteiger partial charge in [-0.05, 0) is 74.0 Å². The fraction of sp³-hybridized carbons (Fsp3) is 0.586.